The first-order valence-corrected chi connectivity index (χ1v) is 10.3. The van der Waals surface area contributed by atoms with Gasteiger partial charge in [0.15, 0.2) is 0 Å². The van der Waals surface area contributed by atoms with Crippen LogP contribution in [0.3, 0.4) is 0 Å². The lowest BCUT2D eigenvalue weighted by Crippen LogP contribution is -2.16. The average Bonchev–Trinajstić information content (AvgIpc) is 3.48. The molecule has 0 aliphatic rings. The fraction of sp³-hybridized carbons (Fsp3) is 0.182. The fourth-order valence-electron chi connectivity index (χ4n) is 3.62. The lowest BCUT2D eigenvalue weighted by atomic mass is 9.98. The van der Waals surface area contributed by atoms with Gasteiger partial charge in [-0.2, -0.15) is 13.2 Å². The van der Waals surface area contributed by atoms with Crippen LogP contribution >= 0.6 is 0 Å². The summed E-state index contributed by atoms with van der Waals surface area (Å²) < 4.78 is 54.2. The van der Waals surface area contributed by atoms with Crippen LogP contribution in [-0.2, 0) is 6.18 Å². The molecule has 0 aliphatic carbocycles. The number of nitrogens with one attached hydrogen (secondary N) is 2. The van der Waals surface area contributed by atoms with Crippen LogP contribution < -0.4 is 5.73 Å². The van der Waals surface area contributed by atoms with E-state index in [-0.39, 0.29) is 28.7 Å². The molecule has 1 aromatic carbocycles. The predicted molar refractivity (Wildman–Crippen MR) is 120 cm³/mol. The molecule has 4 N–H and O–H groups in total. The summed E-state index contributed by atoms with van der Waals surface area (Å²) in [6, 6.07) is 7.81. The molecule has 4 aromatic rings. The Balaban J connectivity index is 1.76. The highest BCUT2D eigenvalue weighted by molar-refractivity contribution is 6.04. The molecule has 0 spiro atoms. The predicted octanol–water partition coefficient (Wildman–Crippen LogP) is 4.06. The fourth-order valence-corrected chi connectivity index (χ4v) is 3.62. The number of hydrogen-bond acceptors (Lipinski definition) is 5. The Hall–Kier alpha value is -4.42. The topological polar surface area (TPSA) is 135 Å². The number of aromatic amines is 1. The van der Waals surface area contributed by atoms with E-state index in [1.165, 1.54) is 10.7 Å². The Bertz CT molecular complexity index is 1370. The number of hydrogen-bond donors (Lipinski definition) is 3. The third kappa shape index (κ3) is 4.78. The van der Waals surface area contributed by atoms with E-state index < -0.39 is 17.8 Å². The molecule has 3 heterocycles. The van der Waals surface area contributed by atoms with Gasteiger partial charge in [0.1, 0.15) is 23.7 Å². The van der Waals surface area contributed by atoms with E-state index >= 15 is 0 Å². The summed E-state index contributed by atoms with van der Waals surface area (Å²) in [7, 11) is 0. The number of halogens is 4. The van der Waals surface area contributed by atoms with Crippen molar-refractivity contribution < 1.29 is 17.6 Å². The average molecular weight is 485 g/mol. The van der Waals surface area contributed by atoms with Gasteiger partial charge in [0.2, 0.25) is 5.82 Å². The van der Waals surface area contributed by atoms with Gasteiger partial charge in [-0.1, -0.05) is 24.3 Å². The van der Waals surface area contributed by atoms with E-state index in [0.29, 0.717) is 23.4 Å². The van der Waals surface area contributed by atoms with Crippen molar-refractivity contribution in [1.29, 1.82) is 5.41 Å². The number of H-pyrrole nitrogens is 1. The summed E-state index contributed by atoms with van der Waals surface area (Å²) in [4.78, 5) is 13.7. The van der Waals surface area contributed by atoms with E-state index in [1.807, 2.05) is 6.92 Å². The quantitative estimate of drug-likeness (QED) is 0.206. The molecule has 0 radical (unpaired) electrons. The summed E-state index contributed by atoms with van der Waals surface area (Å²) in [5.41, 5.74) is 8.33. The highest BCUT2D eigenvalue weighted by atomic mass is 19.4. The van der Waals surface area contributed by atoms with Crippen molar-refractivity contribution in [3.63, 3.8) is 0 Å². The summed E-state index contributed by atoms with van der Waals surface area (Å²) in [5, 5.41) is 15.4. The number of benzene rings is 1. The van der Waals surface area contributed by atoms with Gasteiger partial charge < -0.3 is 10.7 Å². The van der Waals surface area contributed by atoms with Crippen molar-refractivity contribution in [1.82, 2.24) is 29.9 Å². The van der Waals surface area contributed by atoms with Crippen LogP contribution in [0.1, 0.15) is 42.2 Å². The second kappa shape index (κ2) is 9.44. The molecular weight excluding hydrogens is 466 g/mol. The Morgan fingerprint density at radius 2 is 1.97 bits per heavy atom. The third-order valence-electron chi connectivity index (χ3n) is 5.27. The molecule has 0 saturated carbocycles. The molecule has 4 rings (SSSR count). The molecule has 0 bridgehead atoms. The minimum absolute atomic E-state index is 0.0500. The maximum atomic E-state index is 14.2. The van der Waals surface area contributed by atoms with Gasteiger partial charge >= 0.3 is 6.18 Å². The minimum atomic E-state index is -4.68. The first kappa shape index (κ1) is 23.7. The molecule has 35 heavy (non-hydrogen) atoms. The highest BCUT2D eigenvalue weighted by Crippen LogP contribution is 2.33. The van der Waals surface area contributed by atoms with E-state index in [0.717, 1.165) is 18.7 Å². The van der Waals surface area contributed by atoms with Crippen LogP contribution in [0.2, 0.25) is 0 Å². The van der Waals surface area contributed by atoms with Gasteiger partial charge in [-0.05, 0) is 24.6 Å². The molecular formula is C22H19F4N9. The zero-order valence-corrected chi connectivity index (χ0v) is 18.3. The highest BCUT2D eigenvalue weighted by Gasteiger charge is 2.34. The van der Waals surface area contributed by atoms with E-state index in [2.05, 4.69) is 30.3 Å². The Morgan fingerprint density at radius 3 is 2.60 bits per heavy atom. The molecule has 1 atom stereocenters. The molecule has 9 nitrogen and oxygen atoms in total. The second-order valence-electron chi connectivity index (χ2n) is 7.45. The molecule has 1 unspecified atom stereocenters. The zero-order chi connectivity index (χ0) is 25.2. The van der Waals surface area contributed by atoms with Gasteiger partial charge in [0, 0.05) is 35.1 Å². The summed E-state index contributed by atoms with van der Waals surface area (Å²) in [5.74, 6) is -2.12. The minimum Gasteiger partial charge on any atom is -0.382 e. The largest absolute Gasteiger partial charge is 0.451 e. The summed E-state index contributed by atoms with van der Waals surface area (Å²) in [6.07, 6.45) is 0.311. The summed E-state index contributed by atoms with van der Waals surface area (Å²) >= 11 is 0. The first-order chi connectivity index (χ1) is 16.7. The van der Waals surface area contributed by atoms with Crippen LogP contribution in [0.15, 0.2) is 53.9 Å². The molecule has 0 aliphatic heterocycles. The molecule has 180 valence electrons. The number of amidine groups is 1. The van der Waals surface area contributed by atoms with Crippen molar-refractivity contribution >= 4 is 12.2 Å². The van der Waals surface area contributed by atoms with E-state index in [4.69, 9.17) is 11.1 Å². The molecule has 3 aromatic heterocycles. The SMILES string of the molecule is CCC(c1cn(-c2ccccc2F)nn1)c1cc(-c2cnc(C(F)(F)F)nc2)c(C(N)=NC=N)[nH]1. The van der Waals surface area contributed by atoms with Crippen LogP contribution in [0.25, 0.3) is 16.8 Å². The summed E-state index contributed by atoms with van der Waals surface area (Å²) in [6.45, 7) is 1.91. The normalized spacial score (nSPS) is 13.1. The first-order valence-electron chi connectivity index (χ1n) is 10.3. The van der Waals surface area contributed by atoms with Crippen LogP contribution in [0, 0.1) is 11.2 Å². The van der Waals surface area contributed by atoms with Crippen molar-refractivity contribution in [2.24, 2.45) is 10.7 Å². The van der Waals surface area contributed by atoms with Crippen molar-refractivity contribution in [2.75, 3.05) is 0 Å². The van der Waals surface area contributed by atoms with Crippen LogP contribution in [0.4, 0.5) is 17.6 Å². The number of para-hydroxylation sites is 1. The monoisotopic (exact) mass is 485 g/mol. The van der Waals surface area contributed by atoms with Gasteiger partial charge in [-0.3, -0.25) is 5.41 Å². The lowest BCUT2D eigenvalue weighted by molar-refractivity contribution is -0.144. The number of alkyl halides is 3. The number of aliphatic imine (C=N–C) groups is 1. The third-order valence-corrected chi connectivity index (χ3v) is 5.27. The smallest absolute Gasteiger partial charge is 0.382 e. The van der Waals surface area contributed by atoms with Crippen molar-refractivity contribution in [3.05, 3.63) is 77.6 Å². The molecule has 0 amide bonds. The maximum absolute atomic E-state index is 14.2. The van der Waals surface area contributed by atoms with Gasteiger partial charge in [-0.25, -0.2) is 24.0 Å². The van der Waals surface area contributed by atoms with Gasteiger partial charge in [0.25, 0.3) is 0 Å². The number of aromatic nitrogens is 6. The van der Waals surface area contributed by atoms with E-state index in [9.17, 15) is 17.6 Å². The van der Waals surface area contributed by atoms with Crippen LogP contribution in [0.5, 0.6) is 0 Å². The molecule has 0 saturated heterocycles. The number of nitrogens with zero attached hydrogens (tertiary/aromatic N) is 6. The van der Waals surface area contributed by atoms with Crippen molar-refractivity contribution in [3.8, 4) is 16.8 Å². The maximum Gasteiger partial charge on any atom is 0.451 e. The van der Waals surface area contributed by atoms with Crippen molar-refractivity contribution in [2.45, 2.75) is 25.4 Å². The standard InChI is InChI=1S/C22H19F4N9/c1-2-13(17-10-35(34-33-17)18-6-4-3-5-15(18)23)16-7-14(19(32-16)20(28)31-11-27)12-8-29-21(30-9-12)22(24,25)26/h3-11,13,32H,2H2,1H3,(H3,27,28,31). The molecule has 13 heteroatoms. The van der Waals surface area contributed by atoms with E-state index in [1.54, 1.807) is 30.5 Å². The Kier molecular flexibility index (Phi) is 6.40. The number of rotatable bonds is 7. The molecule has 0 fully saturated rings. The van der Waals surface area contributed by atoms with Crippen LogP contribution in [-0.4, -0.2) is 42.1 Å². The lowest BCUT2D eigenvalue weighted by Gasteiger charge is -2.09. The van der Waals surface area contributed by atoms with Gasteiger partial charge in [-0.15, -0.1) is 5.10 Å². The zero-order valence-electron chi connectivity index (χ0n) is 18.3. The van der Waals surface area contributed by atoms with Gasteiger partial charge in [0.05, 0.1) is 17.6 Å². The number of nitrogens with two attached hydrogens (primary N) is 1. The Labute approximate surface area is 196 Å². The second-order valence-corrected chi connectivity index (χ2v) is 7.45. The Morgan fingerprint density at radius 1 is 1.26 bits per heavy atom.